The zero-order valence-electron chi connectivity index (χ0n) is 18.7. The number of carbonyl (C=O) groups excluding carboxylic acids is 1. The molecule has 0 saturated carbocycles. The van der Waals surface area contributed by atoms with E-state index in [1.165, 1.54) is 11.3 Å². The van der Waals surface area contributed by atoms with Crippen molar-refractivity contribution in [2.24, 2.45) is 0 Å². The highest BCUT2D eigenvalue weighted by molar-refractivity contribution is 7.15. The van der Waals surface area contributed by atoms with Gasteiger partial charge < -0.3 is 13.9 Å². The molecule has 168 valence electrons. The Balaban J connectivity index is 1.81. The maximum atomic E-state index is 13.7. The van der Waals surface area contributed by atoms with E-state index < -0.39 is 11.9 Å². The average Bonchev–Trinajstić information content (AvgIpc) is 3.29. The molecule has 1 amide bonds. The lowest BCUT2D eigenvalue weighted by Gasteiger charge is -2.24. The van der Waals surface area contributed by atoms with E-state index in [2.05, 4.69) is 4.98 Å². The van der Waals surface area contributed by atoms with Crippen LogP contribution >= 0.6 is 11.3 Å². The third-order valence-corrected chi connectivity index (χ3v) is 6.88. The number of carbonyl (C=O) groups is 1. The fourth-order valence-electron chi connectivity index (χ4n) is 4.15. The average molecular weight is 463 g/mol. The van der Waals surface area contributed by atoms with Crippen LogP contribution in [0.4, 0.5) is 5.13 Å². The highest BCUT2D eigenvalue weighted by atomic mass is 32.1. The molecule has 2 aromatic heterocycles. The Morgan fingerprint density at radius 3 is 2.64 bits per heavy atom. The van der Waals surface area contributed by atoms with Gasteiger partial charge in [-0.15, -0.1) is 11.3 Å². The Kier molecular flexibility index (Phi) is 5.17. The number of amides is 1. The van der Waals surface area contributed by atoms with Crippen LogP contribution in [0, 0.1) is 13.8 Å². The summed E-state index contributed by atoms with van der Waals surface area (Å²) in [6.07, 6.45) is 0. The second-order valence-corrected chi connectivity index (χ2v) is 8.90. The van der Waals surface area contributed by atoms with Crippen molar-refractivity contribution in [3.05, 3.63) is 80.1 Å². The van der Waals surface area contributed by atoms with Crippen LogP contribution in [-0.4, -0.2) is 24.6 Å². The number of ether oxygens (including phenoxy) is 2. The van der Waals surface area contributed by atoms with Crippen LogP contribution in [0.5, 0.6) is 11.5 Å². The molecule has 8 heteroatoms. The second-order valence-electron chi connectivity index (χ2n) is 7.72. The minimum atomic E-state index is -0.721. The van der Waals surface area contributed by atoms with Gasteiger partial charge in [-0.1, -0.05) is 18.2 Å². The van der Waals surface area contributed by atoms with Crippen LogP contribution in [0.3, 0.4) is 0 Å². The van der Waals surface area contributed by atoms with E-state index in [-0.39, 0.29) is 16.8 Å². The third kappa shape index (κ3) is 3.29. The molecule has 0 radical (unpaired) electrons. The first-order valence-electron chi connectivity index (χ1n) is 10.6. The van der Waals surface area contributed by atoms with Gasteiger partial charge in [0.1, 0.15) is 23.1 Å². The molecule has 5 rings (SSSR count). The van der Waals surface area contributed by atoms with Gasteiger partial charge in [-0.05, 0) is 39.0 Å². The lowest BCUT2D eigenvalue weighted by molar-refractivity contribution is 0.0970. The van der Waals surface area contributed by atoms with Crippen molar-refractivity contribution in [1.29, 1.82) is 0 Å². The summed E-state index contributed by atoms with van der Waals surface area (Å²) >= 11 is 1.41. The Morgan fingerprint density at radius 1 is 1.15 bits per heavy atom. The molecular formula is C25H22N2O5S. The van der Waals surface area contributed by atoms with E-state index >= 15 is 0 Å². The molecule has 1 atom stereocenters. The van der Waals surface area contributed by atoms with Crippen molar-refractivity contribution in [1.82, 2.24) is 4.98 Å². The molecule has 0 N–H and O–H groups in total. The zero-order valence-corrected chi connectivity index (χ0v) is 19.5. The van der Waals surface area contributed by atoms with Gasteiger partial charge >= 0.3 is 0 Å². The van der Waals surface area contributed by atoms with Crippen molar-refractivity contribution in [3.63, 3.8) is 0 Å². The molecule has 0 saturated heterocycles. The van der Waals surface area contributed by atoms with Crippen LogP contribution in [0.2, 0.25) is 0 Å². The predicted octanol–water partition coefficient (Wildman–Crippen LogP) is 5.02. The zero-order chi connectivity index (χ0) is 23.3. The summed E-state index contributed by atoms with van der Waals surface area (Å²) < 4.78 is 17.2. The van der Waals surface area contributed by atoms with Gasteiger partial charge in [-0.25, -0.2) is 4.98 Å². The topological polar surface area (TPSA) is 81.9 Å². The number of benzene rings is 2. The molecule has 1 unspecified atom stereocenters. The number of hydrogen-bond acceptors (Lipinski definition) is 7. The number of nitrogens with zero attached hydrogens (tertiary/aromatic N) is 2. The van der Waals surface area contributed by atoms with E-state index in [0.717, 1.165) is 10.6 Å². The van der Waals surface area contributed by atoms with Gasteiger partial charge in [0.25, 0.3) is 5.91 Å². The molecule has 4 aromatic rings. The van der Waals surface area contributed by atoms with Gasteiger partial charge in [-0.3, -0.25) is 14.5 Å². The first kappa shape index (κ1) is 21.2. The summed E-state index contributed by atoms with van der Waals surface area (Å²) in [6.45, 7) is 6.20. The molecule has 0 fully saturated rings. The Labute approximate surface area is 194 Å². The molecule has 0 spiro atoms. The molecular weight excluding hydrogens is 440 g/mol. The predicted molar refractivity (Wildman–Crippen MR) is 127 cm³/mol. The van der Waals surface area contributed by atoms with Gasteiger partial charge in [0, 0.05) is 16.5 Å². The summed E-state index contributed by atoms with van der Waals surface area (Å²) in [6, 6.07) is 11.7. The van der Waals surface area contributed by atoms with Crippen molar-refractivity contribution in [2.45, 2.75) is 26.8 Å². The molecule has 3 heterocycles. The highest BCUT2D eigenvalue weighted by Gasteiger charge is 2.46. The lowest BCUT2D eigenvalue weighted by Crippen LogP contribution is -2.29. The number of aromatic nitrogens is 1. The van der Waals surface area contributed by atoms with Crippen molar-refractivity contribution >= 4 is 33.3 Å². The summed E-state index contributed by atoms with van der Waals surface area (Å²) in [5.41, 5.74) is 1.86. The molecule has 2 aromatic carbocycles. The van der Waals surface area contributed by atoms with E-state index in [1.54, 1.807) is 30.2 Å². The number of aryl methyl sites for hydroxylation is 2. The number of rotatable bonds is 5. The number of anilines is 1. The maximum absolute atomic E-state index is 13.7. The fourth-order valence-corrected chi connectivity index (χ4v) is 5.09. The fraction of sp³-hybridized carbons (Fsp3) is 0.240. The largest absolute Gasteiger partial charge is 0.496 e. The number of fused-ring (bicyclic) bond motifs is 2. The van der Waals surface area contributed by atoms with Crippen LogP contribution in [0.25, 0.3) is 11.0 Å². The van der Waals surface area contributed by atoms with Gasteiger partial charge in [-0.2, -0.15) is 0 Å². The monoisotopic (exact) mass is 462 g/mol. The van der Waals surface area contributed by atoms with Crippen LogP contribution < -0.4 is 19.8 Å². The molecule has 33 heavy (non-hydrogen) atoms. The smallest absolute Gasteiger partial charge is 0.297 e. The van der Waals surface area contributed by atoms with Crippen molar-refractivity contribution in [2.75, 3.05) is 18.6 Å². The summed E-state index contributed by atoms with van der Waals surface area (Å²) in [7, 11) is 1.57. The van der Waals surface area contributed by atoms with Gasteiger partial charge in [0.15, 0.2) is 10.6 Å². The lowest BCUT2D eigenvalue weighted by atomic mass is 9.98. The molecule has 1 aliphatic rings. The third-order valence-electron chi connectivity index (χ3n) is 5.81. The molecule has 0 bridgehead atoms. The van der Waals surface area contributed by atoms with Crippen LogP contribution in [0.15, 0.2) is 51.7 Å². The second kappa shape index (κ2) is 8.04. The van der Waals surface area contributed by atoms with Crippen molar-refractivity contribution < 1.29 is 18.7 Å². The summed E-state index contributed by atoms with van der Waals surface area (Å²) in [5.74, 6) is 0.755. The summed E-state index contributed by atoms with van der Waals surface area (Å²) in [5, 5.41) is 0.897. The summed E-state index contributed by atoms with van der Waals surface area (Å²) in [4.78, 5) is 34.6. The Hall–Kier alpha value is -3.65. The first-order valence-corrected chi connectivity index (χ1v) is 11.4. The van der Waals surface area contributed by atoms with Crippen LogP contribution in [0.1, 0.15) is 45.2 Å². The van der Waals surface area contributed by atoms with E-state index in [4.69, 9.17) is 13.9 Å². The quantitative estimate of drug-likeness (QED) is 0.414. The molecule has 1 aliphatic heterocycles. The number of hydrogen-bond donors (Lipinski definition) is 0. The Bertz CT molecular complexity index is 1440. The molecule has 0 aliphatic carbocycles. The SMILES string of the molecule is CCOc1ccc2c(=O)c3c(oc2c1)C(=O)N(c1nc(C)c(C)s1)C3c1ccccc1OC. The van der Waals surface area contributed by atoms with Gasteiger partial charge in [0.05, 0.1) is 30.4 Å². The van der Waals surface area contributed by atoms with E-state index in [0.29, 0.717) is 39.8 Å². The van der Waals surface area contributed by atoms with Gasteiger partial charge in [0.2, 0.25) is 5.76 Å². The standard InChI is InChI=1S/C25H22N2O5S/c1-5-31-15-10-11-17-19(12-15)32-23-20(22(17)28)21(16-8-6-7-9-18(16)30-4)27(24(23)29)25-26-13(2)14(3)33-25/h6-12,21H,5H2,1-4H3. The number of para-hydroxylation sites is 1. The normalized spacial score (nSPS) is 15.2. The number of thiazole rings is 1. The van der Waals surface area contributed by atoms with Crippen LogP contribution in [-0.2, 0) is 0 Å². The van der Waals surface area contributed by atoms with E-state index in [9.17, 15) is 9.59 Å². The highest BCUT2D eigenvalue weighted by Crippen LogP contribution is 2.45. The van der Waals surface area contributed by atoms with Crippen molar-refractivity contribution in [3.8, 4) is 11.5 Å². The maximum Gasteiger partial charge on any atom is 0.297 e. The Morgan fingerprint density at radius 2 is 1.94 bits per heavy atom. The number of methoxy groups -OCH3 is 1. The minimum absolute atomic E-state index is 0.0163. The first-order chi connectivity index (χ1) is 15.9. The minimum Gasteiger partial charge on any atom is -0.496 e. The van der Waals surface area contributed by atoms with E-state index in [1.807, 2.05) is 45.0 Å². The molecule has 7 nitrogen and oxygen atoms in total.